The third-order valence-electron chi connectivity index (χ3n) is 5.67. The van der Waals surface area contributed by atoms with E-state index in [1.54, 1.807) is 7.11 Å². The molecule has 0 saturated heterocycles. The molecule has 0 bridgehead atoms. The quantitative estimate of drug-likeness (QED) is 0.788. The summed E-state index contributed by atoms with van der Waals surface area (Å²) < 4.78 is 11.7. The molecule has 1 fully saturated rings. The van der Waals surface area contributed by atoms with Gasteiger partial charge < -0.3 is 9.47 Å². The Kier molecular flexibility index (Phi) is 2.45. The van der Waals surface area contributed by atoms with Crippen LogP contribution in [0.4, 0.5) is 0 Å². The van der Waals surface area contributed by atoms with E-state index in [0.717, 1.165) is 30.8 Å². The first-order valence-corrected chi connectivity index (χ1v) is 7.55. The first-order chi connectivity index (χ1) is 9.66. The van der Waals surface area contributed by atoms with Gasteiger partial charge in [0.1, 0.15) is 11.9 Å². The summed E-state index contributed by atoms with van der Waals surface area (Å²) in [6.45, 7) is 2.13. The highest BCUT2D eigenvalue weighted by molar-refractivity contribution is 5.82. The molecule has 3 aliphatic rings. The van der Waals surface area contributed by atoms with Crippen LogP contribution in [-0.2, 0) is 16.6 Å². The van der Waals surface area contributed by atoms with Crippen LogP contribution in [0.2, 0.25) is 0 Å². The van der Waals surface area contributed by atoms with Crippen molar-refractivity contribution in [3.05, 3.63) is 23.3 Å². The van der Waals surface area contributed by atoms with Gasteiger partial charge in [-0.15, -0.1) is 0 Å². The molecule has 0 radical (unpaired) electrons. The van der Waals surface area contributed by atoms with E-state index in [1.165, 1.54) is 17.5 Å². The van der Waals surface area contributed by atoms with Gasteiger partial charge in [0.2, 0.25) is 0 Å². The highest BCUT2D eigenvalue weighted by Gasteiger charge is 2.57. The second-order valence-electron chi connectivity index (χ2n) is 6.42. The van der Waals surface area contributed by atoms with Gasteiger partial charge in [0, 0.05) is 23.8 Å². The second-order valence-corrected chi connectivity index (χ2v) is 6.42. The maximum absolute atomic E-state index is 12.1. The van der Waals surface area contributed by atoms with Crippen LogP contribution in [-0.4, -0.2) is 19.0 Å². The summed E-state index contributed by atoms with van der Waals surface area (Å²) in [5.41, 5.74) is 2.55. The van der Waals surface area contributed by atoms with Gasteiger partial charge in [-0.2, -0.15) is 0 Å². The predicted molar refractivity (Wildman–Crippen MR) is 75.4 cm³/mol. The van der Waals surface area contributed by atoms with Crippen LogP contribution in [0.15, 0.2) is 12.1 Å². The molecule has 3 atom stereocenters. The fourth-order valence-electron chi connectivity index (χ4n) is 4.74. The number of benzene rings is 1. The number of aryl methyl sites for hydroxylation is 1. The summed E-state index contributed by atoms with van der Waals surface area (Å²) in [4.78, 5) is 12.1. The van der Waals surface area contributed by atoms with Gasteiger partial charge >= 0.3 is 0 Å². The Morgan fingerprint density at radius 3 is 2.90 bits per heavy atom. The third-order valence-corrected chi connectivity index (χ3v) is 5.67. The average molecular weight is 272 g/mol. The van der Waals surface area contributed by atoms with E-state index in [4.69, 9.17) is 9.47 Å². The first kappa shape index (κ1) is 12.2. The highest BCUT2D eigenvalue weighted by Crippen LogP contribution is 2.60. The topological polar surface area (TPSA) is 35.5 Å². The maximum atomic E-state index is 12.1. The lowest BCUT2D eigenvalue weighted by Gasteiger charge is -2.46. The SMILES string of the molecule is COc1ccc2c3c1O[C@@H](C)[C@]31CC(=O)CC[C@@H]1CC2. The highest BCUT2D eigenvalue weighted by atomic mass is 16.5. The normalized spacial score (nSPS) is 34.2. The Balaban J connectivity index is 1.97. The number of carbonyl (C=O) groups is 1. The Bertz CT molecular complexity index is 592. The molecule has 1 aromatic carbocycles. The van der Waals surface area contributed by atoms with Gasteiger partial charge in [0.25, 0.3) is 0 Å². The van der Waals surface area contributed by atoms with Crippen molar-refractivity contribution < 1.29 is 14.3 Å². The van der Waals surface area contributed by atoms with Crippen LogP contribution in [0, 0.1) is 5.92 Å². The van der Waals surface area contributed by atoms with Crippen molar-refractivity contribution in [3.8, 4) is 11.5 Å². The lowest BCUT2D eigenvalue weighted by Crippen LogP contribution is -2.49. The second kappa shape index (κ2) is 4.00. The summed E-state index contributed by atoms with van der Waals surface area (Å²) >= 11 is 0. The molecule has 0 unspecified atom stereocenters. The molecule has 0 N–H and O–H groups in total. The lowest BCUT2D eigenvalue weighted by molar-refractivity contribution is -0.125. The zero-order valence-corrected chi connectivity index (χ0v) is 12.1. The van der Waals surface area contributed by atoms with Crippen LogP contribution in [0.25, 0.3) is 0 Å². The smallest absolute Gasteiger partial charge is 0.165 e. The number of hydrogen-bond acceptors (Lipinski definition) is 3. The molecular formula is C17H20O3. The number of rotatable bonds is 1. The Hall–Kier alpha value is -1.51. The minimum Gasteiger partial charge on any atom is -0.493 e. The monoisotopic (exact) mass is 272 g/mol. The number of methoxy groups -OCH3 is 1. The molecule has 1 aliphatic heterocycles. The van der Waals surface area contributed by atoms with E-state index in [2.05, 4.69) is 13.0 Å². The van der Waals surface area contributed by atoms with Crippen LogP contribution >= 0.6 is 0 Å². The maximum Gasteiger partial charge on any atom is 0.165 e. The fourth-order valence-corrected chi connectivity index (χ4v) is 4.74. The summed E-state index contributed by atoms with van der Waals surface area (Å²) in [5.74, 6) is 2.68. The van der Waals surface area contributed by atoms with Crippen molar-refractivity contribution in [1.29, 1.82) is 0 Å². The van der Waals surface area contributed by atoms with Crippen LogP contribution in [0.1, 0.15) is 43.7 Å². The summed E-state index contributed by atoms with van der Waals surface area (Å²) in [7, 11) is 1.68. The van der Waals surface area contributed by atoms with E-state index in [1.807, 2.05) is 6.07 Å². The zero-order valence-electron chi connectivity index (χ0n) is 12.1. The van der Waals surface area contributed by atoms with Crippen molar-refractivity contribution in [2.75, 3.05) is 7.11 Å². The zero-order chi connectivity index (χ0) is 13.9. The molecule has 106 valence electrons. The van der Waals surface area contributed by atoms with Crippen molar-refractivity contribution >= 4 is 5.78 Å². The Morgan fingerprint density at radius 2 is 2.10 bits per heavy atom. The molecule has 0 aromatic heterocycles. The van der Waals surface area contributed by atoms with E-state index in [-0.39, 0.29) is 11.5 Å². The minimum absolute atomic E-state index is 0.0714. The summed E-state index contributed by atoms with van der Waals surface area (Å²) in [6, 6.07) is 4.17. The van der Waals surface area contributed by atoms with Gasteiger partial charge in [-0.05, 0) is 43.7 Å². The molecular weight excluding hydrogens is 252 g/mol. The Labute approximate surface area is 119 Å². The van der Waals surface area contributed by atoms with E-state index in [9.17, 15) is 4.79 Å². The molecule has 4 rings (SSSR count). The number of carbonyl (C=O) groups excluding carboxylic acids is 1. The van der Waals surface area contributed by atoms with Crippen molar-refractivity contribution in [1.82, 2.24) is 0 Å². The minimum atomic E-state index is -0.0905. The van der Waals surface area contributed by atoms with Gasteiger partial charge in [-0.3, -0.25) is 4.79 Å². The fraction of sp³-hybridized carbons (Fsp3) is 0.588. The number of ketones is 1. The van der Waals surface area contributed by atoms with Gasteiger partial charge in [0.15, 0.2) is 11.5 Å². The Morgan fingerprint density at radius 1 is 1.30 bits per heavy atom. The number of hydrogen-bond donors (Lipinski definition) is 0. The molecule has 1 aromatic rings. The largest absolute Gasteiger partial charge is 0.493 e. The molecule has 20 heavy (non-hydrogen) atoms. The van der Waals surface area contributed by atoms with Gasteiger partial charge in [0.05, 0.1) is 7.11 Å². The molecule has 3 heteroatoms. The van der Waals surface area contributed by atoms with Gasteiger partial charge in [-0.25, -0.2) is 0 Å². The lowest BCUT2D eigenvalue weighted by atomic mass is 9.55. The average Bonchev–Trinajstić information content (AvgIpc) is 2.74. The summed E-state index contributed by atoms with van der Waals surface area (Å²) in [5, 5.41) is 0. The molecule has 1 spiro atoms. The van der Waals surface area contributed by atoms with Gasteiger partial charge in [-0.1, -0.05) is 6.07 Å². The van der Waals surface area contributed by atoms with Crippen LogP contribution in [0.5, 0.6) is 11.5 Å². The third kappa shape index (κ3) is 1.33. The van der Waals surface area contributed by atoms with E-state index in [0.29, 0.717) is 18.1 Å². The van der Waals surface area contributed by atoms with Crippen LogP contribution in [0.3, 0.4) is 0 Å². The predicted octanol–water partition coefficient (Wildman–Crippen LogP) is 3.03. The number of ether oxygens (including phenoxy) is 2. The van der Waals surface area contributed by atoms with E-state index >= 15 is 0 Å². The van der Waals surface area contributed by atoms with Crippen molar-refractivity contribution in [2.45, 2.75) is 50.5 Å². The van der Waals surface area contributed by atoms with Crippen molar-refractivity contribution in [2.24, 2.45) is 5.92 Å². The molecule has 1 heterocycles. The van der Waals surface area contributed by atoms with Crippen LogP contribution < -0.4 is 9.47 Å². The standard InChI is InChI=1S/C17H20O3/c1-10-17-9-13(18)7-6-12(17)5-3-11-4-8-14(19-2)16(20-10)15(11)17/h4,8,10,12H,3,5-7,9H2,1-2H3/t10-,12-,17-/m0/s1. The molecule has 1 saturated carbocycles. The molecule has 3 nitrogen and oxygen atoms in total. The van der Waals surface area contributed by atoms with E-state index < -0.39 is 0 Å². The summed E-state index contributed by atoms with van der Waals surface area (Å²) in [6.07, 6.45) is 4.76. The molecule has 2 aliphatic carbocycles. The molecule has 0 amide bonds. The first-order valence-electron chi connectivity index (χ1n) is 7.55. The number of Topliss-reactive ketones (excluding diaryl/α,β-unsaturated/α-hetero) is 1. The van der Waals surface area contributed by atoms with Crippen molar-refractivity contribution in [3.63, 3.8) is 0 Å².